The zero-order valence-corrected chi connectivity index (χ0v) is 8.79. The van der Waals surface area contributed by atoms with E-state index in [0.717, 1.165) is 18.4 Å². The maximum atomic E-state index is 5.47. The number of aliphatic imine (C=N–C) groups is 1. The van der Waals surface area contributed by atoms with Gasteiger partial charge in [0.2, 0.25) is 0 Å². The van der Waals surface area contributed by atoms with Crippen LogP contribution in [-0.4, -0.2) is 5.16 Å². The maximum Gasteiger partial charge on any atom is 0.264 e. The Labute approximate surface area is 93.1 Å². The number of allylic oxidation sites excluding steroid dienone is 4. The van der Waals surface area contributed by atoms with Crippen LogP contribution in [-0.2, 0) is 9.47 Å². The quantitative estimate of drug-likeness (QED) is 0.528. The minimum Gasteiger partial charge on any atom is -0.463 e. The van der Waals surface area contributed by atoms with E-state index in [9.17, 15) is 0 Å². The smallest absolute Gasteiger partial charge is 0.264 e. The van der Waals surface area contributed by atoms with Gasteiger partial charge in [-0.1, -0.05) is 18.2 Å². The molecule has 1 aliphatic carbocycles. The topological polar surface area (TPSA) is 30.8 Å². The maximum absolute atomic E-state index is 5.47. The Hall–Kier alpha value is -1.64. The van der Waals surface area contributed by atoms with E-state index in [1.807, 2.05) is 12.2 Å². The van der Waals surface area contributed by atoms with E-state index in [2.05, 4.69) is 28.4 Å². The van der Waals surface area contributed by atoms with Gasteiger partial charge in [0, 0.05) is 0 Å². The summed E-state index contributed by atoms with van der Waals surface area (Å²) in [4.78, 5) is 3.72. The molecular formula is C11H9NO2S. The molecule has 0 unspecified atom stereocenters. The largest absolute Gasteiger partial charge is 0.463 e. The van der Waals surface area contributed by atoms with Gasteiger partial charge in [0.15, 0.2) is 12.0 Å². The van der Waals surface area contributed by atoms with E-state index >= 15 is 0 Å². The minimum atomic E-state index is 0.331. The molecule has 0 spiro atoms. The number of hydrogen-bond acceptors (Lipinski definition) is 4. The third kappa shape index (κ3) is 2.43. The van der Waals surface area contributed by atoms with Crippen LogP contribution in [0.15, 0.2) is 53.0 Å². The molecule has 3 nitrogen and oxygen atoms in total. The van der Waals surface area contributed by atoms with Crippen molar-refractivity contribution in [1.82, 2.24) is 0 Å². The Bertz CT molecular complexity index is 426. The van der Waals surface area contributed by atoms with Crippen molar-refractivity contribution in [2.24, 2.45) is 4.99 Å². The molecular weight excluding hydrogens is 210 g/mol. The molecule has 1 aliphatic heterocycles. The normalized spacial score (nSPS) is 18.8. The fourth-order valence-electron chi connectivity index (χ4n) is 1.36. The summed E-state index contributed by atoms with van der Waals surface area (Å²) >= 11 is 4.49. The zero-order valence-electron chi connectivity index (χ0n) is 7.97. The average molecular weight is 219 g/mol. The molecule has 1 heterocycles. The van der Waals surface area contributed by atoms with Gasteiger partial charge in [-0.15, -0.1) is 0 Å². The summed E-state index contributed by atoms with van der Waals surface area (Å²) in [6, 6.07) is 0. The molecule has 76 valence electrons. The molecule has 0 amide bonds. The lowest BCUT2D eigenvalue weighted by molar-refractivity contribution is 0.227. The van der Waals surface area contributed by atoms with Crippen LogP contribution in [0.2, 0.25) is 0 Å². The van der Waals surface area contributed by atoms with Gasteiger partial charge in [0.25, 0.3) is 5.88 Å². The second-order valence-corrected chi connectivity index (χ2v) is 3.22. The Morgan fingerprint density at radius 1 is 1.40 bits per heavy atom. The number of hydrogen-bond donors (Lipinski definition) is 0. The van der Waals surface area contributed by atoms with Crippen LogP contribution in [0.3, 0.4) is 0 Å². The summed E-state index contributed by atoms with van der Waals surface area (Å²) in [5.41, 5.74) is 1.10. The van der Waals surface area contributed by atoms with Crippen molar-refractivity contribution in [2.75, 3.05) is 0 Å². The highest BCUT2D eigenvalue weighted by Gasteiger charge is 2.14. The van der Waals surface area contributed by atoms with Gasteiger partial charge < -0.3 is 9.47 Å². The van der Waals surface area contributed by atoms with Crippen molar-refractivity contribution in [2.45, 2.75) is 12.8 Å². The SMILES string of the molecule is S=C=NC1=COC=C(C2=CC=CCC2)O1. The molecule has 2 rings (SSSR count). The summed E-state index contributed by atoms with van der Waals surface area (Å²) in [7, 11) is 0. The van der Waals surface area contributed by atoms with E-state index in [-0.39, 0.29) is 0 Å². The first-order valence-electron chi connectivity index (χ1n) is 4.58. The number of thiocarbonyl (C=S) groups is 1. The Morgan fingerprint density at radius 2 is 2.33 bits per heavy atom. The predicted molar refractivity (Wildman–Crippen MR) is 59.8 cm³/mol. The van der Waals surface area contributed by atoms with Crippen LogP contribution in [0.5, 0.6) is 0 Å². The van der Waals surface area contributed by atoms with Crippen molar-refractivity contribution in [1.29, 1.82) is 0 Å². The molecule has 4 heteroatoms. The van der Waals surface area contributed by atoms with Crippen molar-refractivity contribution < 1.29 is 9.47 Å². The third-order valence-corrected chi connectivity index (χ3v) is 2.14. The molecule has 0 N–H and O–H groups in total. The van der Waals surface area contributed by atoms with Crippen LogP contribution < -0.4 is 0 Å². The molecule has 0 aromatic carbocycles. The van der Waals surface area contributed by atoms with Gasteiger partial charge in [-0.05, 0) is 30.6 Å². The van der Waals surface area contributed by atoms with E-state index in [1.54, 1.807) is 6.26 Å². The summed E-state index contributed by atoms with van der Waals surface area (Å²) < 4.78 is 10.6. The average Bonchev–Trinajstić information content (AvgIpc) is 2.31. The lowest BCUT2D eigenvalue weighted by atomic mass is 10.0. The lowest BCUT2D eigenvalue weighted by Crippen LogP contribution is -2.02. The van der Waals surface area contributed by atoms with Gasteiger partial charge in [0.1, 0.15) is 6.26 Å². The highest BCUT2D eigenvalue weighted by atomic mass is 32.1. The predicted octanol–water partition coefficient (Wildman–Crippen LogP) is 3.05. The van der Waals surface area contributed by atoms with Crippen LogP contribution in [0.1, 0.15) is 12.8 Å². The Morgan fingerprint density at radius 3 is 3.07 bits per heavy atom. The summed E-state index contributed by atoms with van der Waals surface area (Å²) in [5, 5.41) is 2.24. The lowest BCUT2D eigenvalue weighted by Gasteiger charge is -2.16. The first-order valence-corrected chi connectivity index (χ1v) is 4.98. The molecule has 0 saturated carbocycles. The van der Waals surface area contributed by atoms with E-state index in [4.69, 9.17) is 9.47 Å². The monoisotopic (exact) mass is 219 g/mol. The van der Waals surface area contributed by atoms with Gasteiger partial charge in [-0.25, -0.2) is 0 Å². The number of nitrogens with zero attached hydrogens (tertiary/aromatic N) is 1. The highest BCUT2D eigenvalue weighted by Crippen LogP contribution is 2.26. The molecule has 0 fully saturated rings. The van der Waals surface area contributed by atoms with Crippen molar-refractivity contribution >= 4 is 17.4 Å². The van der Waals surface area contributed by atoms with E-state index < -0.39 is 0 Å². The third-order valence-electron chi connectivity index (χ3n) is 2.04. The number of ether oxygens (including phenoxy) is 2. The van der Waals surface area contributed by atoms with Crippen LogP contribution in [0, 0.1) is 0 Å². The fraction of sp³-hybridized carbons (Fsp3) is 0.182. The molecule has 15 heavy (non-hydrogen) atoms. The molecule has 0 bridgehead atoms. The van der Waals surface area contributed by atoms with Crippen LogP contribution in [0.25, 0.3) is 0 Å². The molecule has 0 saturated heterocycles. The minimum absolute atomic E-state index is 0.331. The standard InChI is InChI=1S/C11H9NO2S/c15-8-12-11-7-13-6-10(14-11)9-4-2-1-3-5-9/h1-2,4,6-7H,3,5H2. The Balaban J connectivity index is 2.12. The van der Waals surface area contributed by atoms with E-state index in [1.165, 1.54) is 6.26 Å². The van der Waals surface area contributed by atoms with Gasteiger partial charge >= 0.3 is 0 Å². The molecule has 0 aromatic rings. The van der Waals surface area contributed by atoms with Crippen molar-refractivity contribution in [3.63, 3.8) is 0 Å². The zero-order chi connectivity index (χ0) is 10.5. The van der Waals surface area contributed by atoms with E-state index in [0.29, 0.717) is 11.6 Å². The number of isothiocyanates is 1. The van der Waals surface area contributed by atoms with Crippen molar-refractivity contribution in [3.8, 4) is 0 Å². The Kier molecular flexibility index (Phi) is 3.12. The molecule has 0 atom stereocenters. The number of rotatable bonds is 2. The van der Waals surface area contributed by atoms with Gasteiger partial charge in [-0.3, -0.25) is 0 Å². The highest BCUT2D eigenvalue weighted by molar-refractivity contribution is 7.78. The first kappa shape index (κ1) is 9.90. The first-order chi connectivity index (χ1) is 7.40. The van der Waals surface area contributed by atoms with Gasteiger partial charge in [0.05, 0.1) is 5.16 Å². The van der Waals surface area contributed by atoms with Crippen LogP contribution >= 0.6 is 12.2 Å². The van der Waals surface area contributed by atoms with Gasteiger partial charge in [-0.2, -0.15) is 4.99 Å². The molecule has 2 aliphatic rings. The summed E-state index contributed by atoms with van der Waals surface area (Å²) in [5.74, 6) is 1.02. The second kappa shape index (κ2) is 4.73. The summed E-state index contributed by atoms with van der Waals surface area (Å²) in [6.45, 7) is 0. The molecule has 0 aromatic heterocycles. The summed E-state index contributed by atoms with van der Waals surface area (Å²) in [6.07, 6.45) is 11.0. The van der Waals surface area contributed by atoms with Crippen LogP contribution in [0.4, 0.5) is 0 Å². The second-order valence-electron chi connectivity index (χ2n) is 3.04. The molecule has 0 radical (unpaired) electrons. The fourth-order valence-corrected chi connectivity index (χ4v) is 1.45. The van der Waals surface area contributed by atoms with Crippen molar-refractivity contribution in [3.05, 3.63) is 48.0 Å².